The number of alkyl halides is 5. The van der Waals surface area contributed by atoms with Gasteiger partial charge in [0, 0.05) is 6.07 Å². The van der Waals surface area contributed by atoms with Crippen molar-refractivity contribution in [3.05, 3.63) is 23.4 Å². The lowest BCUT2D eigenvalue weighted by Crippen LogP contribution is -2.18. The predicted molar refractivity (Wildman–Crippen MR) is 40.6 cm³/mol. The number of pyridine rings is 1. The fraction of sp³-hybridized carbons (Fsp3) is 0.250. The number of hydrogen-bond acceptors (Lipinski definition) is 3. The third kappa shape index (κ3) is 3.34. The summed E-state index contributed by atoms with van der Waals surface area (Å²) in [5, 5.41) is 8.41. The second-order valence-corrected chi connectivity index (χ2v) is 2.58. The molecular formula is C8H3F5N2O. The Morgan fingerprint density at radius 3 is 2.38 bits per heavy atom. The number of hydrogen-bond donors (Lipinski definition) is 0. The van der Waals surface area contributed by atoms with E-state index in [0.717, 1.165) is 0 Å². The van der Waals surface area contributed by atoms with Crippen LogP contribution in [0.15, 0.2) is 12.1 Å². The molecule has 0 unspecified atom stereocenters. The highest BCUT2D eigenvalue weighted by atomic mass is 19.4. The van der Waals surface area contributed by atoms with E-state index in [2.05, 4.69) is 9.72 Å². The number of nitrogens with zero attached hydrogens (tertiary/aromatic N) is 2. The molecule has 1 aromatic rings. The topological polar surface area (TPSA) is 45.9 Å². The average molecular weight is 238 g/mol. The molecule has 0 N–H and O–H groups in total. The third-order valence-corrected chi connectivity index (χ3v) is 1.39. The van der Waals surface area contributed by atoms with E-state index < -0.39 is 24.4 Å². The predicted octanol–water partition coefficient (Wildman–Crippen LogP) is 2.79. The van der Waals surface area contributed by atoms with Crippen LogP contribution < -0.4 is 4.74 Å². The number of ether oxygens (including phenoxy) is 1. The monoisotopic (exact) mass is 238 g/mol. The van der Waals surface area contributed by atoms with Gasteiger partial charge in [-0.2, -0.15) is 5.26 Å². The molecule has 0 amide bonds. The average Bonchev–Trinajstić information content (AvgIpc) is 2.14. The van der Waals surface area contributed by atoms with Crippen LogP contribution in [0.4, 0.5) is 22.0 Å². The highest BCUT2D eigenvalue weighted by Gasteiger charge is 2.32. The van der Waals surface area contributed by atoms with E-state index in [1.54, 1.807) is 0 Å². The number of rotatable bonds is 2. The van der Waals surface area contributed by atoms with Gasteiger partial charge in [-0.05, 0) is 6.07 Å². The molecule has 3 nitrogen and oxygen atoms in total. The van der Waals surface area contributed by atoms with Crippen LogP contribution in [0.3, 0.4) is 0 Å². The van der Waals surface area contributed by atoms with Gasteiger partial charge in [0.15, 0.2) is 0 Å². The van der Waals surface area contributed by atoms with Crippen molar-refractivity contribution in [1.29, 1.82) is 5.26 Å². The molecule has 0 fully saturated rings. The van der Waals surface area contributed by atoms with E-state index >= 15 is 0 Å². The molecule has 0 aliphatic rings. The smallest absolute Gasteiger partial charge is 0.388 e. The Kier molecular flexibility index (Phi) is 3.27. The van der Waals surface area contributed by atoms with Gasteiger partial charge >= 0.3 is 6.36 Å². The van der Waals surface area contributed by atoms with E-state index in [4.69, 9.17) is 5.26 Å². The molecule has 0 bridgehead atoms. The molecular weight excluding hydrogens is 235 g/mol. The van der Waals surface area contributed by atoms with Crippen LogP contribution in [0.2, 0.25) is 0 Å². The van der Waals surface area contributed by atoms with Crippen molar-refractivity contribution in [2.75, 3.05) is 0 Å². The molecule has 0 aliphatic heterocycles. The van der Waals surface area contributed by atoms with Gasteiger partial charge in [-0.3, -0.25) is 0 Å². The molecule has 86 valence electrons. The summed E-state index contributed by atoms with van der Waals surface area (Å²) in [4.78, 5) is 2.92. The Labute approximate surface area is 86.1 Å². The molecule has 1 aromatic heterocycles. The van der Waals surface area contributed by atoms with Crippen molar-refractivity contribution >= 4 is 0 Å². The van der Waals surface area contributed by atoms with Crippen molar-refractivity contribution in [2.45, 2.75) is 12.8 Å². The summed E-state index contributed by atoms with van der Waals surface area (Å²) in [6.07, 6.45) is -8.12. The van der Waals surface area contributed by atoms with E-state index in [9.17, 15) is 22.0 Å². The molecule has 0 saturated carbocycles. The summed E-state index contributed by atoms with van der Waals surface area (Å²) in [6, 6.07) is 2.74. The molecule has 8 heteroatoms. The van der Waals surface area contributed by atoms with E-state index in [1.807, 2.05) is 0 Å². The Morgan fingerprint density at radius 1 is 1.31 bits per heavy atom. The number of nitriles is 1. The standard InChI is InChI=1S/C8H3F5N2O/c9-7(10)5-1-4(3-14)2-6(15-5)16-8(11,12)13/h1-2,7H. The van der Waals surface area contributed by atoms with Crippen LogP contribution >= 0.6 is 0 Å². The normalized spacial score (nSPS) is 11.3. The first-order chi connectivity index (χ1) is 7.31. The van der Waals surface area contributed by atoms with Crippen molar-refractivity contribution < 1.29 is 26.7 Å². The maximum absolute atomic E-state index is 12.2. The van der Waals surface area contributed by atoms with Gasteiger partial charge in [0.1, 0.15) is 5.69 Å². The number of halogens is 5. The minimum atomic E-state index is -5.04. The fourth-order valence-electron chi connectivity index (χ4n) is 0.873. The molecule has 16 heavy (non-hydrogen) atoms. The first-order valence-corrected chi connectivity index (χ1v) is 3.78. The minimum Gasteiger partial charge on any atom is -0.388 e. The van der Waals surface area contributed by atoms with Crippen LogP contribution in [-0.4, -0.2) is 11.3 Å². The molecule has 1 rings (SSSR count). The van der Waals surface area contributed by atoms with Gasteiger partial charge in [0.25, 0.3) is 6.43 Å². The molecule has 0 aliphatic carbocycles. The Bertz CT molecular complexity index is 423. The Hall–Kier alpha value is -1.91. The van der Waals surface area contributed by atoms with E-state index in [1.165, 1.54) is 6.07 Å². The van der Waals surface area contributed by atoms with Crippen LogP contribution in [0.1, 0.15) is 17.7 Å². The second kappa shape index (κ2) is 4.30. The van der Waals surface area contributed by atoms with Crippen LogP contribution in [0.5, 0.6) is 5.88 Å². The summed E-state index contributed by atoms with van der Waals surface area (Å²) >= 11 is 0. The molecule has 0 saturated heterocycles. The van der Waals surface area contributed by atoms with Gasteiger partial charge in [-0.15, -0.1) is 13.2 Å². The summed E-state index contributed by atoms with van der Waals surface area (Å²) in [5.41, 5.74) is -1.33. The summed E-state index contributed by atoms with van der Waals surface area (Å²) in [6.45, 7) is 0. The lowest BCUT2D eigenvalue weighted by atomic mass is 10.2. The largest absolute Gasteiger partial charge is 0.574 e. The van der Waals surface area contributed by atoms with E-state index in [0.29, 0.717) is 12.1 Å². The highest BCUT2D eigenvalue weighted by Crippen LogP contribution is 2.25. The maximum Gasteiger partial charge on any atom is 0.574 e. The van der Waals surface area contributed by atoms with Crippen molar-refractivity contribution in [2.24, 2.45) is 0 Å². The van der Waals surface area contributed by atoms with Crippen molar-refractivity contribution in [3.63, 3.8) is 0 Å². The lowest BCUT2D eigenvalue weighted by Gasteiger charge is -2.09. The highest BCUT2D eigenvalue weighted by molar-refractivity contribution is 5.34. The van der Waals surface area contributed by atoms with Crippen LogP contribution in [-0.2, 0) is 0 Å². The van der Waals surface area contributed by atoms with Crippen molar-refractivity contribution in [1.82, 2.24) is 4.98 Å². The summed E-state index contributed by atoms with van der Waals surface area (Å²) in [7, 11) is 0. The molecule has 0 aromatic carbocycles. The van der Waals surface area contributed by atoms with Gasteiger partial charge in [-0.1, -0.05) is 0 Å². The second-order valence-electron chi connectivity index (χ2n) is 2.58. The van der Waals surface area contributed by atoms with Crippen molar-refractivity contribution in [3.8, 4) is 11.9 Å². The SMILES string of the molecule is N#Cc1cc(OC(F)(F)F)nc(C(F)F)c1. The Balaban J connectivity index is 3.11. The first-order valence-electron chi connectivity index (χ1n) is 3.78. The maximum atomic E-state index is 12.2. The zero-order valence-corrected chi connectivity index (χ0v) is 7.42. The van der Waals surface area contributed by atoms with Gasteiger partial charge in [0.05, 0.1) is 11.6 Å². The van der Waals surface area contributed by atoms with Gasteiger partial charge in [0.2, 0.25) is 5.88 Å². The lowest BCUT2D eigenvalue weighted by molar-refractivity contribution is -0.276. The number of aromatic nitrogens is 1. The first kappa shape index (κ1) is 12.2. The molecule has 1 heterocycles. The molecule has 0 radical (unpaired) electrons. The summed E-state index contributed by atoms with van der Waals surface area (Å²) < 4.78 is 63.0. The third-order valence-electron chi connectivity index (χ3n) is 1.39. The fourth-order valence-corrected chi connectivity index (χ4v) is 0.873. The van der Waals surface area contributed by atoms with Crippen LogP contribution in [0, 0.1) is 11.3 Å². The Morgan fingerprint density at radius 2 is 1.94 bits per heavy atom. The van der Waals surface area contributed by atoms with Crippen LogP contribution in [0.25, 0.3) is 0 Å². The summed E-state index contributed by atoms with van der Waals surface area (Å²) in [5.74, 6) is -1.08. The quantitative estimate of drug-likeness (QED) is 0.744. The zero-order valence-electron chi connectivity index (χ0n) is 7.42. The van der Waals surface area contributed by atoms with Gasteiger partial charge < -0.3 is 4.74 Å². The van der Waals surface area contributed by atoms with Gasteiger partial charge in [-0.25, -0.2) is 13.8 Å². The minimum absolute atomic E-state index is 0.385. The van der Waals surface area contributed by atoms with E-state index in [-0.39, 0.29) is 5.56 Å². The zero-order chi connectivity index (χ0) is 12.3. The molecule has 0 atom stereocenters. The molecule has 0 spiro atoms.